The van der Waals surface area contributed by atoms with Crippen molar-refractivity contribution in [1.82, 2.24) is 9.36 Å². The summed E-state index contributed by atoms with van der Waals surface area (Å²) in [6.45, 7) is 5.94. The van der Waals surface area contributed by atoms with Crippen molar-refractivity contribution in [3.8, 4) is 10.7 Å². The van der Waals surface area contributed by atoms with E-state index in [0.717, 1.165) is 32.9 Å². The molecule has 0 spiro atoms. The maximum absolute atomic E-state index is 12.6. The average molecular weight is 369 g/mol. The third kappa shape index (κ3) is 2.96. The molecule has 3 heterocycles. The van der Waals surface area contributed by atoms with Gasteiger partial charge >= 0.3 is 0 Å². The number of aryl methyl sites for hydroxylation is 3. The summed E-state index contributed by atoms with van der Waals surface area (Å²) in [6.07, 6.45) is 0. The number of carbonyl (C=O) groups is 1. The van der Waals surface area contributed by atoms with Crippen LogP contribution >= 0.6 is 22.9 Å². The van der Waals surface area contributed by atoms with Gasteiger partial charge in [-0.25, -0.2) is 0 Å². The summed E-state index contributed by atoms with van der Waals surface area (Å²) in [5.74, 6) is 0.635. The SMILES string of the molecule is Cc1ccc2oc(C(=O)Nc3nc(-c4ccc(C)s4)ns3)c(C)c2c1. The number of aromatic nitrogens is 2. The Morgan fingerprint density at radius 1 is 1.16 bits per heavy atom. The van der Waals surface area contributed by atoms with E-state index in [1.807, 2.05) is 51.1 Å². The molecule has 0 unspecified atom stereocenters. The van der Waals surface area contributed by atoms with E-state index in [1.165, 1.54) is 4.88 Å². The topological polar surface area (TPSA) is 68.0 Å². The van der Waals surface area contributed by atoms with Gasteiger partial charge in [0.15, 0.2) is 11.6 Å². The lowest BCUT2D eigenvalue weighted by Gasteiger charge is -1.98. The minimum absolute atomic E-state index is 0.309. The lowest BCUT2D eigenvalue weighted by Crippen LogP contribution is -2.11. The number of furan rings is 1. The molecule has 0 aliphatic rings. The molecule has 25 heavy (non-hydrogen) atoms. The highest BCUT2D eigenvalue weighted by Crippen LogP contribution is 2.29. The zero-order valence-corrected chi connectivity index (χ0v) is 15.5. The molecule has 1 aromatic carbocycles. The van der Waals surface area contributed by atoms with E-state index in [0.29, 0.717) is 22.3 Å². The second-order valence-electron chi connectivity index (χ2n) is 5.84. The van der Waals surface area contributed by atoms with Crippen molar-refractivity contribution in [3.05, 3.63) is 52.1 Å². The van der Waals surface area contributed by atoms with Crippen LogP contribution in [0.25, 0.3) is 21.7 Å². The van der Waals surface area contributed by atoms with Crippen molar-refractivity contribution in [2.45, 2.75) is 20.8 Å². The Hall–Kier alpha value is -2.51. The summed E-state index contributed by atoms with van der Waals surface area (Å²) in [5, 5.41) is 4.20. The first-order valence-corrected chi connectivity index (χ1v) is 9.32. The normalized spacial score (nSPS) is 11.2. The summed E-state index contributed by atoms with van der Waals surface area (Å²) in [7, 11) is 0. The molecule has 126 valence electrons. The molecule has 5 nitrogen and oxygen atoms in total. The van der Waals surface area contributed by atoms with Gasteiger partial charge in [0.2, 0.25) is 5.13 Å². The standard InChI is InChI=1S/C18H15N3O2S2/c1-9-4-6-13-12(8-9)11(3)15(23-13)17(22)20-18-19-16(21-25-18)14-7-5-10(2)24-14/h4-8H,1-3H3,(H,19,20,21,22). The van der Waals surface area contributed by atoms with Gasteiger partial charge in [-0.15, -0.1) is 11.3 Å². The Bertz CT molecular complexity index is 1090. The number of carbonyl (C=O) groups excluding carboxylic acids is 1. The molecular weight excluding hydrogens is 354 g/mol. The minimum Gasteiger partial charge on any atom is -0.451 e. The van der Waals surface area contributed by atoms with Crippen molar-refractivity contribution in [2.75, 3.05) is 5.32 Å². The fourth-order valence-electron chi connectivity index (χ4n) is 2.63. The van der Waals surface area contributed by atoms with E-state index in [9.17, 15) is 4.79 Å². The molecule has 0 saturated carbocycles. The fourth-order valence-corrected chi connectivity index (χ4v) is 4.07. The Morgan fingerprint density at radius 3 is 2.76 bits per heavy atom. The molecule has 1 amide bonds. The smallest absolute Gasteiger partial charge is 0.293 e. The number of benzene rings is 1. The quantitative estimate of drug-likeness (QED) is 0.539. The number of fused-ring (bicyclic) bond motifs is 1. The van der Waals surface area contributed by atoms with Crippen LogP contribution in [0, 0.1) is 20.8 Å². The summed E-state index contributed by atoms with van der Waals surface area (Å²) in [6, 6.07) is 9.88. The van der Waals surface area contributed by atoms with Crippen LogP contribution in [0.15, 0.2) is 34.7 Å². The van der Waals surface area contributed by atoms with E-state index < -0.39 is 0 Å². The second-order valence-corrected chi connectivity index (χ2v) is 7.88. The van der Waals surface area contributed by atoms with Gasteiger partial charge in [0, 0.05) is 27.4 Å². The van der Waals surface area contributed by atoms with E-state index >= 15 is 0 Å². The van der Waals surface area contributed by atoms with Crippen LogP contribution < -0.4 is 5.32 Å². The van der Waals surface area contributed by atoms with Gasteiger partial charge in [-0.2, -0.15) is 9.36 Å². The predicted molar refractivity (Wildman–Crippen MR) is 102 cm³/mol. The number of hydrogen-bond donors (Lipinski definition) is 1. The van der Waals surface area contributed by atoms with Gasteiger partial charge in [0.25, 0.3) is 5.91 Å². The number of nitrogens with zero attached hydrogens (tertiary/aromatic N) is 2. The molecule has 0 atom stereocenters. The van der Waals surface area contributed by atoms with Crippen LogP contribution in [0.2, 0.25) is 0 Å². The Kier molecular flexibility index (Phi) is 3.89. The first-order valence-electron chi connectivity index (χ1n) is 7.73. The predicted octanol–water partition coefficient (Wildman–Crippen LogP) is 5.19. The van der Waals surface area contributed by atoms with Gasteiger partial charge in [-0.05, 0) is 45.0 Å². The summed E-state index contributed by atoms with van der Waals surface area (Å²) < 4.78 is 10.0. The highest BCUT2D eigenvalue weighted by atomic mass is 32.1. The largest absolute Gasteiger partial charge is 0.451 e. The molecule has 4 aromatic rings. The molecule has 0 radical (unpaired) electrons. The maximum Gasteiger partial charge on any atom is 0.293 e. The molecule has 4 rings (SSSR count). The van der Waals surface area contributed by atoms with Crippen LogP contribution in [0.4, 0.5) is 5.13 Å². The Labute approximate surface area is 152 Å². The van der Waals surface area contributed by atoms with Gasteiger partial charge in [-0.3, -0.25) is 10.1 Å². The highest BCUT2D eigenvalue weighted by Gasteiger charge is 2.19. The van der Waals surface area contributed by atoms with Crippen LogP contribution in [0.1, 0.15) is 26.6 Å². The monoisotopic (exact) mass is 369 g/mol. The molecule has 0 aliphatic heterocycles. The number of amides is 1. The molecule has 3 aromatic heterocycles. The third-order valence-electron chi connectivity index (χ3n) is 3.91. The Morgan fingerprint density at radius 2 is 2.00 bits per heavy atom. The number of thiophene rings is 1. The highest BCUT2D eigenvalue weighted by molar-refractivity contribution is 7.15. The number of rotatable bonds is 3. The van der Waals surface area contributed by atoms with Gasteiger partial charge in [0.1, 0.15) is 5.58 Å². The van der Waals surface area contributed by atoms with E-state index in [4.69, 9.17) is 4.42 Å². The molecular formula is C18H15N3O2S2. The Balaban J connectivity index is 1.60. The first-order chi connectivity index (χ1) is 12.0. The van der Waals surface area contributed by atoms with E-state index in [-0.39, 0.29) is 5.91 Å². The lowest BCUT2D eigenvalue weighted by atomic mass is 10.1. The van der Waals surface area contributed by atoms with Crippen LogP contribution in [0.5, 0.6) is 0 Å². The van der Waals surface area contributed by atoms with Crippen LogP contribution in [-0.4, -0.2) is 15.3 Å². The van der Waals surface area contributed by atoms with Crippen molar-refractivity contribution in [2.24, 2.45) is 0 Å². The summed E-state index contributed by atoms with van der Waals surface area (Å²) in [5.41, 5.74) is 2.67. The molecule has 0 saturated heterocycles. The van der Waals surface area contributed by atoms with E-state index in [1.54, 1.807) is 11.3 Å². The van der Waals surface area contributed by atoms with Crippen molar-refractivity contribution in [3.63, 3.8) is 0 Å². The number of hydrogen-bond acceptors (Lipinski definition) is 6. The molecule has 7 heteroatoms. The summed E-state index contributed by atoms with van der Waals surface area (Å²) in [4.78, 5) is 19.2. The average Bonchev–Trinajstić information content (AvgIpc) is 3.28. The van der Waals surface area contributed by atoms with Crippen molar-refractivity contribution >= 4 is 44.9 Å². The summed E-state index contributed by atoms with van der Waals surface area (Å²) >= 11 is 2.79. The third-order valence-corrected chi connectivity index (χ3v) is 5.53. The molecule has 1 N–H and O–H groups in total. The molecule has 0 fully saturated rings. The molecule has 0 bridgehead atoms. The van der Waals surface area contributed by atoms with Crippen molar-refractivity contribution in [1.29, 1.82) is 0 Å². The minimum atomic E-state index is -0.309. The number of anilines is 1. The van der Waals surface area contributed by atoms with E-state index in [2.05, 4.69) is 14.7 Å². The zero-order valence-electron chi connectivity index (χ0n) is 13.9. The van der Waals surface area contributed by atoms with Crippen LogP contribution in [0.3, 0.4) is 0 Å². The van der Waals surface area contributed by atoms with Gasteiger partial charge in [-0.1, -0.05) is 11.6 Å². The van der Waals surface area contributed by atoms with Crippen LogP contribution in [-0.2, 0) is 0 Å². The number of nitrogens with one attached hydrogen (secondary N) is 1. The van der Waals surface area contributed by atoms with Gasteiger partial charge < -0.3 is 4.42 Å². The maximum atomic E-state index is 12.6. The molecule has 0 aliphatic carbocycles. The zero-order chi connectivity index (χ0) is 17.6. The second kappa shape index (κ2) is 6.09. The first kappa shape index (κ1) is 16.0. The van der Waals surface area contributed by atoms with Gasteiger partial charge in [0.05, 0.1) is 4.88 Å². The lowest BCUT2D eigenvalue weighted by molar-refractivity contribution is 0.0998. The fraction of sp³-hybridized carbons (Fsp3) is 0.167. The van der Waals surface area contributed by atoms with Crippen molar-refractivity contribution < 1.29 is 9.21 Å².